The van der Waals surface area contributed by atoms with Crippen LogP contribution in [0.25, 0.3) is 5.73 Å². The van der Waals surface area contributed by atoms with Gasteiger partial charge in [0, 0.05) is 12.0 Å². The number of ether oxygens (including phenoxy) is 2. The summed E-state index contributed by atoms with van der Waals surface area (Å²) in [4.78, 5) is 22.6. The summed E-state index contributed by atoms with van der Waals surface area (Å²) in [5, 5.41) is 14.9. The number of amides is 2. The molecule has 2 amide bonds. The number of aryl methyl sites for hydroxylation is 1. The van der Waals surface area contributed by atoms with Gasteiger partial charge in [-0.2, -0.15) is 5.10 Å². The van der Waals surface area contributed by atoms with Gasteiger partial charge in [0.25, 0.3) is 0 Å². The number of nitrogens with two attached hydrogens (primary N) is 1. The Morgan fingerprint density at radius 2 is 1.72 bits per heavy atom. The number of benzene rings is 2. The van der Waals surface area contributed by atoms with Crippen molar-refractivity contribution in [3.63, 3.8) is 0 Å². The van der Waals surface area contributed by atoms with E-state index in [1.165, 1.54) is 14.2 Å². The Labute approximate surface area is 244 Å². The molecular formula is C27H32FeN6O4S. The van der Waals surface area contributed by atoms with E-state index in [0.29, 0.717) is 40.8 Å². The molecule has 3 aromatic rings. The van der Waals surface area contributed by atoms with Crippen molar-refractivity contribution in [2.75, 3.05) is 19.5 Å². The number of unbranched alkanes of at least 4 members (excludes halogenated alkanes) is 1. The van der Waals surface area contributed by atoms with Crippen LogP contribution in [0.4, 0.5) is 5.82 Å². The Morgan fingerprint density at radius 1 is 0.974 bits per heavy atom. The van der Waals surface area contributed by atoms with E-state index in [1.807, 2.05) is 36.4 Å². The molecule has 0 unspecified atom stereocenters. The van der Waals surface area contributed by atoms with E-state index in [2.05, 4.69) is 20.6 Å². The molecule has 0 aliphatic carbocycles. The molecule has 4 N–H and O–H groups in total. The fourth-order valence-corrected chi connectivity index (χ4v) is 3.59. The van der Waals surface area contributed by atoms with E-state index in [-0.39, 0.29) is 29.4 Å². The van der Waals surface area contributed by atoms with Crippen LogP contribution in [0.15, 0.2) is 65.8 Å². The molecule has 0 fully saturated rings. The fraction of sp³-hybridized carbons (Fsp3) is 0.296. The van der Waals surface area contributed by atoms with Crippen molar-refractivity contribution in [3.8, 4) is 11.5 Å². The normalized spacial score (nSPS) is 10.4. The zero-order valence-electron chi connectivity index (χ0n) is 21.8. The number of hydrogen-bond acceptors (Lipinski definition) is 9. The molecule has 12 heteroatoms. The Hall–Kier alpha value is -3.73. The van der Waals surface area contributed by atoms with Crippen molar-refractivity contribution in [1.29, 1.82) is 0 Å². The number of carbonyl (C=O) groups excluding carboxylic acids is 2. The van der Waals surface area contributed by atoms with Crippen LogP contribution in [-0.2, 0) is 58.5 Å². The molecule has 39 heavy (non-hydrogen) atoms. The maximum absolute atomic E-state index is 12.0. The number of hydrogen-bond donors (Lipinski definition) is 2. The Balaban J connectivity index is 0.000000434. The fourth-order valence-electron chi connectivity index (χ4n) is 3.44. The first-order valence-corrected chi connectivity index (χ1v) is 12.3. The van der Waals surface area contributed by atoms with Gasteiger partial charge in [-0.1, -0.05) is 47.5 Å². The first-order chi connectivity index (χ1) is 18.4. The number of nitrogens with one attached hydrogen (secondary N) is 2. The average molecular weight is 593 g/mol. The van der Waals surface area contributed by atoms with E-state index in [0.717, 1.165) is 30.5 Å². The van der Waals surface area contributed by atoms with Crippen molar-refractivity contribution in [3.05, 3.63) is 83.2 Å². The molecule has 208 valence electrons. The van der Waals surface area contributed by atoms with Gasteiger partial charge in [0.15, 0.2) is 17.3 Å². The van der Waals surface area contributed by atoms with Gasteiger partial charge in [0.1, 0.15) is 0 Å². The van der Waals surface area contributed by atoms with Crippen molar-refractivity contribution in [1.82, 2.24) is 10.2 Å². The summed E-state index contributed by atoms with van der Waals surface area (Å²) in [6, 6.07) is 18.5. The summed E-state index contributed by atoms with van der Waals surface area (Å²) in [5.74, 6) is 5.91. The van der Waals surface area contributed by atoms with Gasteiger partial charge in [0.2, 0.25) is 5.91 Å². The first kappa shape index (κ1) is 33.3. The average Bonchev–Trinajstić information content (AvgIpc) is 2.92. The third kappa shape index (κ3) is 12.6. The number of rotatable bonds is 12. The standard InChI is InChI=1S/C17H21N5OS.C10H13NO3.Fe/c18-20-17(24)9-5-4-8-14-10-11-15(22-21-14)19-16(23)12-13-6-2-1-3-7-13;1-13-8-5-3-4-7(6-9(11)12)10(8)14-2;/h1-3,6-7,10-11H,4-5,8-9,12,18H2,(H,20,24)(H,19,22,23);3-5H,6H2,1-2H3,(H2,11,12);/q;;+2/p-2. The molecule has 0 aliphatic heterocycles. The molecule has 3 rings (SSSR count). The predicted molar refractivity (Wildman–Crippen MR) is 150 cm³/mol. The molecule has 0 radical (unpaired) electrons. The summed E-state index contributed by atoms with van der Waals surface area (Å²) < 4.78 is 10.2. The number of hydrazone groups is 1. The maximum atomic E-state index is 12.0. The second-order valence-corrected chi connectivity index (χ2v) is 8.57. The minimum absolute atomic E-state index is 0. The maximum Gasteiger partial charge on any atom is 2.00 e. The van der Waals surface area contributed by atoms with Crippen molar-refractivity contribution >= 4 is 35.3 Å². The molecule has 1 aromatic heterocycles. The summed E-state index contributed by atoms with van der Waals surface area (Å²) in [7, 11) is 3.04. The van der Waals surface area contributed by atoms with Crippen LogP contribution in [0.5, 0.6) is 11.5 Å². The number of aromatic nitrogens is 2. The quantitative estimate of drug-likeness (QED) is 0.0609. The molecule has 0 saturated carbocycles. The molecule has 0 bridgehead atoms. The smallest absolute Gasteiger partial charge is 0.763 e. The third-order valence-electron chi connectivity index (χ3n) is 5.25. The number of carbonyl (C=O) groups is 2. The minimum atomic E-state index is -0.642. The van der Waals surface area contributed by atoms with E-state index >= 15 is 0 Å². The summed E-state index contributed by atoms with van der Waals surface area (Å²) in [6.45, 7) is 0. The largest absolute Gasteiger partial charge is 2.00 e. The van der Waals surface area contributed by atoms with Gasteiger partial charge in [-0.25, -0.2) is 5.10 Å². The molecule has 10 nitrogen and oxygen atoms in total. The van der Waals surface area contributed by atoms with E-state index in [9.17, 15) is 9.59 Å². The predicted octanol–water partition coefficient (Wildman–Crippen LogP) is 4.01. The van der Waals surface area contributed by atoms with E-state index in [1.54, 1.807) is 24.3 Å². The van der Waals surface area contributed by atoms with Crippen LogP contribution in [0.1, 0.15) is 36.1 Å². The minimum Gasteiger partial charge on any atom is -0.763 e. The van der Waals surface area contributed by atoms with Crippen LogP contribution in [0, 0.1) is 0 Å². The third-order valence-corrected chi connectivity index (χ3v) is 5.56. The van der Waals surface area contributed by atoms with Crippen molar-refractivity contribution in [2.45, 2.75) is 38.5 Å². The van der Waals surface area contributed by atoms with Gasteiger partial charge < -0.3 is 43.8 Å². The molecular weight excluding hydrogens is 560 g/mol. The zero-order valence-corrected chi connectivity index (χ0v) is 23.8. The molecule has 0 aliphatic rings. The van der Waals surface area contributed by atoms with E-state index in [4.69, 9.17) is 33.7 Å². The van der Waals surface area contributed by atoms with Gasteiger partial charge in [0.05, 0.1) is 32.2 Å². The summed E-state index contributed by atoms with van der Waals surface area (Å²) in [5.41, 5.74) is 9.39. The number of anilines is 1. The number of nitrogens with zero attached hydrogens (tertiary/aromatic N) is 3. The second kappa shape index (κ2) is 18.5. The molecule has 2 aromatic carbocycles. The Bertz CT molecular complexity index is 1200. The number of para-hydroxylation sites is 1. The SMILES string of the molecule is COc1cccc(CC([NH-])=O)c1OC.N/N=C(\[S-])CCCCc1ccc(NC(=O)Cc2ccccc2)nn1.[Fe+2]. The second-order valence-electron chi connectivity index (χ2n) is 8.10. The van der Waals surface area contributed by atoms with Crippen LogP contribution in [-0.4, -0.2) is 41.3 Å². The molecule has 0 saturated heterocycles. The number of methoxy groups -OCH3 is 2. The van der Waals surface area contributed by atoms with Crippen LogP contribution >= 0.6 is 0 Å². The first-order valence-electron chi connectivity index (χ1n) is 11.9. The van der Waals surface area contributed by atoms with Crippen LogP contribution < -0.4 is 20.6 Å². The van der Waals surface area contributed by atoms with Crippen LogP contribution in [0.2, 0.25) is 0 Å². The van der Waals surface area contributed by atoms with Crippen molar-refractivity contribution < 1.29 is 36.1 Å². The Morgan fingerprint density at radius 3 is 2.31 bits per heavy atom. The topological polar surface area (TPSA) is 153 Å². The van der Waals surface area contributed by atoms with Gasteiger partial charge in [-0.15, -0.1) is 5.10 Å². The molecule has 0 atom stereocenters. The zero-order chi connectivity index (χ0) is 27.8. The monoisotopic (exact) mass is 592 g/mol. The van der Waals surface area contributed by atoms with Gasteiger partial charge >= 0.3 is 17.1 Å². The Kier molecular flexibility index (Phi) is 15.8. The molecule has 1 heterocycles. The summed E-state index contributed by atoms with van der Waals surface area (Å²) in [6.07, 6.45) is 3.73. The van der Waals surface area contributed by atoms with E-state index < -0.39 is 5.91 Å². The van der Waals surface area contributed by atoms with Crippen LogP contribution in [0.3, 0.4) is 0 Å². The molecule has 0 spiro atoms. The van der Waals surface area contributed by atoms with Gasteiger partial charge in [-0.05, 0) is 49.4 Å². The summed E-state index contributed by atoms with van der Waals surface area (Å²) >= 11 is 4.93. The van der Waals surface area contributed by atoms with Gasteiger partial charge in [-0.3, -0.25) is 4.79 Å². The van der Waals surface area contributed by atoms with Crippen molar-refractivity contribution in [2.24, 2.45) is 10.9 Å².